The van der Waals surface area contributed by atoms with Crippen LogP contribution in [-0.2, 0) is 9.63 Å². The summed E-state index contributed by atoms with van der Waals surface area (Å²) in [4.78, 5) is 25.1. The summed E-state index contributed by atoms with van der Waals surface area (Å²) >= 11 is 7.35. The standard InChI is InChI=1S/C17H19ClN4O2S/c1-3-22(4-2)16-8-5-11(10-19-16)20-17(23)13-9-12(21-24-13)14-6-7-15(18)25-14/h5-8,10,13H,3-4,9H2,1-2H3,(H,20,23). The van der Waals surface area contributed by atoms with Crippen molar-refractivity contribution in [2.75, 3.05) is 23.3 Å². The van der Waals surface area contributed by atoms with E-state index in [9.17, 15) is 4.79 Å². The van der Waals surface area contributed by atoms with Crippen LogP contribution in [0.25, 0.3) is 0 Å². The number of halogens is 1. The van der Waals surface area contributed by atoms with Gasteiger partial charge in [-0.15, -0.1) is 11.3 Å². The van der Waals surface area contributed by atoms with Gasteiger partial charge in [0, 0.05) is 19.5 Å². The molecule has 1 atom stereocenters. The summed E-state index contributed by atoms with van der Waals surface area (Å²) in [6.45, 7) is 5.93. The Bertz CT molecular complexity index is 771. The molecule has 0 aliphatic carbocycles. The molecule has 0 fully saturated rings. The number of nitrogens with one attached hydrogen (secondary N) is 1. The van der Waals surface area contributed by atoms with Crippen LogP contribution in [0.15, 0.2) is 35.6 Å². The smallest absolute Gasteiger partial charge is 0.268 e. The predicted molar refractivity (Wildman–Crippen MR) is 102 cm³/mol. The van der Waals surface area contributed by atoms with Gasteiger partial charge in [-0.25, -0.2) is 4.98 Å². The maximum Gasteiger partial charge on any atom is 0.268 e. The Balaban J connectivity index is 1.58. The second-order valence-corrected chi connectivity index (χ2v) is 7.22. The fraction of sp³-hybridized carbons (Fsp3) is 0.353. The van der Waals surface area contributed by atoms with E-state index in [0.29, 0.717) is 16.4 Å². The molecule has 0 spiro atoms. The highest BCUT2D eigenvalue weighted by Crippen LogP contribution is 2.26. The van der Waals surface area contributed by atoms with Crippen LogP contribution < -0.4 is 10.2 Å². The minimum absolute atomic E-state index is 0.237. The maximum absolute atomic E-state index is 12.4. The number of thiophene rings is 1. The maximum atomic E-state index is 12.4. The molecule has 1 amide bonds. The Labute approximate surface area is 155 Å². The van der Waals surface area contributed by atoms with Crippen molar-refractivity contribution in [3.05, 3.63) is 39.7 Å². The van der Waals surface area contributed by atoms with Crippen molar-refractivity contribution in [1.29, 1.82) is 0 Å². The van der Waals surface area contributed by atoms with Crippen molar-refractivity contribution in [2.24, 2.45) is 5.16 Å². The van der Waals surface area contributed by atoms with Crippen LogP contribution in [0.2, 0.25) is 4.34 Å². The number of oxime groups is 1. The molecule has 3 rings (SSSR count). The number of aromatic nitrogens is 1. The molecule has 25 heavy (non-hydrogen) atoms. The number of pyridine rings is 1. The van der Waals surface area contributed by atoms with Gasteiger partial charge in [-0.3, -0.25) is 4.79 Å². The van der Waals surface area contributed by atoms with Gasteiger partial charge in [-0.05, 0) is 38.1 Å². The third kappa shape index (κ3) is 4.11. The number of hydrogen-bond donors (Lipinski definition) is 1. The van der Waals surface area contributed by atoms with Crippen LogP contribution >= 0.6 is 22.9 Å². The van der Waals surface area contributed by atoms with Crippen LogP contribution in [0.3, 0.4) is 0 Å². The van der Waals surface area contributed by atoms with E-state index in [2.05, 4.69) is 34.2 Å². The largest absolute Gasteiger partial charge is 0.382 e. The topological polar surface area (TPSA) is 66.8 Å². The normalized spacial score (nSPS) is 16.3. The summed E-state index contributed by atoms with van der Waals surface area (Å²) in [5, 5.41) is 6.83. The molecule has 0 radical (unpaired) electrons. The second kappa shape index (κ2) is 7.84. The third-order valence-electron chi connectivity index (χ3n) is 3.92. The molecule has 132 valence electrons. The first kappa shape index (κ1) is 17.7. The Hall–Kier alpha value is -2.12. The molecule has 6 nitrogen and oxygen atoms in total. The molecule has 8 heteroatoms. The zero-order valence-corrected chi connectivity index (χ0v) is 15.6. The minimum Gasteiger partial charge on any atom is -0.382 e. The number of anilines is 2. The van der Waals surface area contributed by atoms with Crippen LogP contribution in [0.1, 0.15) is 25.1 Å². The van der Waals surface area contributed by atoms with Crippen LogP contribution in [0, 0.1) is 0 Å². The summed E-state index contributed by atoms with van der Waals surface area (Å²) in [6.07, 6.45) is 1.44. The van der Waals surface area contributed by atoms with Gasteiger partial charge in [0.1, 0.15) is 11.5 Å². The molecular weight excluding hydrogens is 360 g/mol. The molecule has 0 aromatic carbocycles. The lowest BCUT2D eigenvalue weighted by Crippen LogP contribution is -2.28. The SMILES string of the molecule is CCN(CC)c1ccc(NC(=O)C2CC(c3ccc(Cl)s3)=NO2)cn1. The Kier molecular flexibility index (Phi) is 5.55. The molecule has 0 bridgehead atoms. The first-order chi connectivity index (χ1) is 12.1. The molecule has 2 aromatic heterocycles. The van der Waals surface area contributed by atoms with Gasteiger partial charge in [0.25, 0.3) is 5.91 Å². The van der Waals surface area contributed by atoms with E-state index in [4.69, 9.17) is 16.4 Å². The van der Waals surface area contributed by atoms with Crippen molar-refractivity contribution in [3.63, 3.8) is 0 Å². The summed E-state index contributed by atoms with van der Waals surface area (Å²) in [7, 11) is 0. The summed E-state index contributed by atoms with van der Waals surface area (Å²) in [5.74, 6) is 0.652. The first-order valence-corrected chi connectivity index (χ1v) is 9.30. The molecule has 0 saturated heterocycles. The van der Waals surface area contributed by atoms with Crippen LogP contribution in [-0.4, -0.2) is 35.8 Å². The van der Waals surface area contributed by atoms with E-state index in [1.807, 2.05) is 18.2 Å². The molecular formula is C17H19ClN4O2S. The van der Waals surface area contributed by atoms with Gasteiger partial charge >= 0.3 is 0 Å². The number of rotatable bonds is 6. The fourth-order valence-corrected chi connectivity index (χ4v) is 3.58. The van der Waals surface area contributed by atoms with Crippen molar-refractivity contribution >= 4 is 46.1 Å². The van der Waals surface area contributed by atoms with Gasteiger partial charge in [0.15, 0.2) is 0 Å². The van der Waals surface area contributed by atoms with Crippen molar-refractivity contribution in [2.45, 2.75) is 26.4 Å². The highest BCUT2D eigenvalue weighted by atomic mass is 35.5. The minimum atomic E-state index is -0.640. The van der Waals surface area contributed by atoms with Gasteiger partial charge < -0.3 is 15.1 Å². The lowest BCUT2D eigenvalue weighted by Gasteiger charge is -2.19. The molecule has 0 saturated carbocycles. The van der Waals surface area contributed by atoms with E-state index < -0.39 is 6.10 Å². The van der Waals surface area contributed by atoms with Crippen LogP contribution in [0.4, 0.5) is 11.5 Å². The number of hydrogen-bond acceptors (Lipinski definition) is 6. The Morgan fingerprint density at radius 2 is 2.16 bits per heavy atom. The average molecular weight is 379 g/mol. The van der Waals surface area contributed by atoms with Gasteiger partial charge in [-0.1, -0.05) is 16.8 Å². The molecule has 1 aliphatic heterocycles. The molecule has 1 unspecified atom stereocenters. The Morgan fingerprint density at radius 3 is 2.76 bits per heavy atom. The quantitative estimate of drug-likeness (QED) is 0.830. The number of carbonyl (C=O) groups excluding carboxylic acids is 1. The Morgan fingerprint density at radius 1 is 1.36 bits per heavy atom. The highest BCUT2D eigenvalue weighted by molar-refractivity contribution is 7.18. The van der Waals surface area contributed by atoms with Gasteiger partial charge in [-0.2, -0.15) is 0 Å². The summed E-state index contributed by atoms with van der Waals surface area (Å²) < 4.78 is 0.685. The highest BCUT2D eigenvalue weighted by Gasteiger charge is 2.29. The number of carbonyl (C=O) groups is 1. The van der Waals surface area contributed by atoms with E-state index >= 15 is 0 Å². The monoisotopic (exact) mass is 378 g/mol. The third-order valence-corrected chi connectivity index (χ3v) is 5.20. The van der Waals surface area contributed by atoms with Gasteiger partial charge in [0.2, 0.25) is 6.10 Å². The van der Waals surface area contributed by atoms with Crippen LogP contribution in [0.5, 0.6) is 0 Å². The average Bonchev–Trinajstić information content (AvgIpc) is 3.26. The van der Waals surface area contributed by atoms with E-state index in [1.54, 1.807) is 12.3 Å². The molecule has 1 N–H and O–H groups in total. The number of amides is 1. The second-order valence-electron chi connectivity index (χ2n) is 5.51. The van der Waals surface area contributed by atoms with Crippen molar-refractivity contribution < 1.29 is 9.63 Å². The van der Waals surface area contributed by atoms with Gasteiger partial charge in [0.05, 0.1) is 21.1 Å². The lowest BCUT2D eigenvalue weighted by molar-refractivity contribution is -0.125. The summed E-state index contributed by atoms with van der Waals surface area (Å²) in [5.41, 5.74) is 1.38. The summed E-state index contributed by atoms with van der Waals surface area (Å²) in [6, 6.07) is 7.42. The zero-order valence-electron chi connectivity index (χ0n) is 14.0. The van der Waals surface area contributed by atoms with E-state index in [-0.39, 0.29) is 5.91 Å². The van der Waals surface area contributed by atoms with Crippen molar-refractivity contribution in [3.8, 4) is 0 Å². The first-order valence-electron chi connectivity index (χ1n) is 8.11. The van der Waals surface area contributed by atoms with Crippen molar-refractivity contribution in [1.82, 2.24) is 4.98 Å². The van der Waals surface area contributed by atoms with E-state index in [1.165, 1.54) is 11.3 Å². The molecule has 1 aliphatic rings. The zero-order chi connectivity index (χ0) is 17.8. The van der Waals surface area contributed by atoms with E-state index in [0.717, 1.165) is 29.5 Å². The lowest BCUT2D eigenvalue weighted by atomic mass is 10.1. The molecule has 3 heterocycles. The number of nitrogens with zero attached hydrogens (tertiary/aromatic N) is 3. The molecule has 2 aromatic rings. The predicted octanol–water partition coefficient (Wildman–Crippen LogP) is 3.77. The fourth-order valence-electron chi connectivity index (χ4n) is 2.55.